The summed E-state index contributed by atoms with van der Waals surface area (Å²) in [7, 11) is 0. The van der Waals surface area contributed by atoms with E-state index in [0.717, 1.165) is 22.4 Å². The second-order valence-corrected chi connectivity index (χ2v) is 5.69. The molecule has 4 rings (SSSR count). The molecule has 0 atom stereocenters. The van der Waals surface area contributed by atoms with E-state index in [4.69, 9.17) is 16.3 Å². The summed E-state index contributed by atoms with van der Waals surface area (Å²) < 4.78 is 5.64. The second-order valence-electron chi connectivity index (χ2n) is 5.28. The van der Waals surface area contributed by atoms with Crippen molar-refractivity contribution in [2.75, 3.05) is 5.32 Å². The lowest BCUT2D eigenvalue weighted by Gasteiger charge is -2.10. The molecule has 0 fully saturated rings. The monoisotopic (exact) mass is 351 g/mol. The van der Waals surface area contributed by atoms with Crippen LogP contribution in [0.5, 0.6) is 5.75 Å². The third-order valence-electron chi connectivity index (χ3n) is 3.59. The van der Waals surface area contributed by atoms with E-state index in [1.807, 2.05) is 42.8 Å². The van der Waals surface area contributed by atoms with Crippen LogP contribution in [0.25, 0.3) is 11.0 Å². The fraction of sp³-hybridized carbons (Fsp3) is 0. The van der Waals surface area contributed by atoms with Gasteiger partial charge in [-0.2, -0.15) is 0 Å². The molecule has 1 aliphatic rings. The number of dihydropyridines is 1. The first-order valence-electron chi connectivity index (χ1n) is 7.61. The Kier molecular flexibility index (Phi) is 4.10. The number of allylic oxidation sites excluding steroid dienone is 3. The van der Waals surface area contributed by atoms with Crippen LogP contribution in [0.1, 0.15) is 0 Å². The van der Waals surface area contributed by atoms with Crippen LogP contribution in [0, 0.1) is 0 Å². The van der Waals surface area contributed by atoms with Gasteiger partial charge in [0.15, 0.2) is 5.82 Å². The van der Waals surface area contributed by atoms with Gasteiger partial charge in [-0.05, 0) is 36.4 Å². The minimum atomic E-state index is 0.494. The number of H-pyrrole nitrogens is 1. The third-order valence-corrected chi connectivity index (χ3v) is 3.88. The van der Waals surface area contributed by atoms with Gasteiger partial charge in [-0.3, -0.25) is 0 Å². The first-order chi connectivity index (χ1) is 12.3. The number of benzene rings is 1. The highest BCUT2D eigenvalue weighted by molar-refractivity contribution is 6.32. The Morgan fingerprint density at radius 1 is 1.16 bits per heavy atom. The summed E-state index contributed by atoms with van der Waals surface area (Å²) in [4.78, 5) is 11.6. The highest BCUT2D eigenvalue weighted by Gasteiger charge is 2.07. The molecule has 1 aromatic carbocycles. The van der Waals surface area contributed by atoms with Crippen molar-refractivity contribution in [3.63, 3.8) is 0 Å². The van der Waals surface area contributed by atoms with Gasteiger partial charge < -0.3 is 20.4 Å². The molecule has 25 heavy (non-hydrogen) atoms. The Balaban J connectivity index is 1.52. The summed E-state index contributed by atoms with van der Waals surface area (Å²) in [6, 6.07) is 7.36. The van der Waals surface area contributed by atoms with Gasteiger partial charge in [-0.25, -0.2) is 9.97 Å². The van der Waals surface area contributed by atoms with E-state index in [-0.39, 0.29) is 0 Å². The molecule has 1 aliphatic heterocycles. The maximum absolute atomic E-state index is 6.32. The quantitative estimate of drug-likeness (QED) is 0.613. The Morgan fingerprint density at radius 2 is 2.12 bits per heavy atom. The highest BCUT2D eigenvalue weighted by atomic mass is 35.5. The molecule has 0 saturated heterocycles. The molecule has 0 aliphatic carbocycles. The van der Waals surface area contributed by atoms with E-state index >= 15 is 0 Å². The van der Waals surface area contributed by atoms with E-state index in [1.54, 1.807) is 18.4 Å². The minimum Gasteiger partial charge on any atom is -0.461 e. The first-order valence-corrected chi connectivity index (χ1v) is 7.99. The molecule has 6 nitrogen and oxygen atoms in total. The normalized spacial score (nSPS) is 14.7. The van der Waals surface area contributed by atoms with Gasteiger partial charge in [0.25, 0.3) is 0 Å². The molecule has 0 unspecified atom stereocenters. The highest BCUT2D eigenvalue weighted by Crippen LogP contribution is 2.30. The fourth-order valence-electron chi connectivity index (χ4n) is 2.38. The number of aromatic amines is 1. The standard InChI is InChI=1S/C18H14ClN5O/c19-14-9-12(24-18-17-15(6-8-21-17)22-11-23-18)4-5-16(14)25-10-13-3-1-2-7-20-13/h1-11,20-21H,(H,22,23,24). The van der Waals surface area contributed by atoms with Gasteiger partial charge >= 0.3 is 0 Å². The molecule has 0 saturated carbocycles. The SMILES string of the molecule is Clc1cc(Nc2ncnc3cc[nH]c23)ccc1OC=C1C=CC=CN1. The van der Waals surface area contributed by atoms with Gasteiger partial charge in [-0.1, -0.05) is 17.7 Å². The zero-order valence-electron chi connectivity index (χ0n) is 13.0. The summed E-state index contributed by atoms with van der Waals surface area (Å²) in [5.41, 5.74) is 3.33. The third kappa shape index (κ3) is 3.34. The van der Waals surface area contributed by atoms with Crippen LogP contribution in [-0.2, 0) is 0 Å². The number of hydrogen-bond acceptors (Lipinski definition) is 5. The van der Waals surface area contributed by atoms with Crippen molar-refractivity contribution in [2.24, 2.45) is 0 Å². The molecule has 0 spiro atoms. The van der Waals surface area contributed by atoms with Crippen LogP contribution in [0.15, 0.2) is 73.2 Å². The topological polar surface area (TPSA) is 74.9 Å². The molecular weight excluding hydrogens is 338 g/mol. The predicted molar refractivity (Wildman–Crippen MR) is 98.8 cm³/mol. The number of halogens is 1. The molecule has 7 heteroatoms. The molecule has 0 bridgehead atoms. The molecular formula is C18H14ClN5O. The summed E-state index contributed by atoms with van der Waals surface area (Å²) in [5.74, 6) is 1.25. The lowest BCUT2D eigenvalue weighted by molar-refractivity contribution is 0.474. The van der Waals surface area contributed by atoms with Crippen LogP contribution < -0.4 is 15.4 Å². The van der Waals surface area contributed by atoms with Gasteiger partial charge in [0.2, 0.25) is 0 Å². The van der Waals surface area contributed by atoms with Crippen molar-refractivity contribution in [3.05, 3.63) is 78.2 Å². The number of rotatable bonds is 4. The first kappa shape index (κ1) is 15.3. The average molecular weight is 352 g/mol. The average Bonchev–Trinajstić information content (AvgIpc) is 3.12. The van der Waals surface area contributed by atoms with Crippen molar-refractivity contribution in [1.29, 1.82) is 0 Å². The second kappa shape index (κ2) is 6.70. The largest absolute Gasteiger partial charge is 0.461 e. The number of aromatic nitrogens is 3. The summed E-state index contributed by atoms with van der Waals surface area (Å²) >= 11 is 6.32. The van der Waals surface area contributed by atoms with Crippen molar-refractivity contribution in [2.45, 2.75) is 0 Å². The van der Waals surface area contributed by atoms with Gasteiger partial charge in [-0.15, -0.1) is 0 Å². The molecule has 2 aromatic heterocycles. The lowest BCUT2D eigenvalue weighted by Crippen LogP contribution is -2.06. The molecule has 3 heterocycles. The van der Waals surface area contributed by atoms with Gasteiger partial charge in [0.05, 0.1) is 16.2 Å². The number of fused-ring (bicyclic) bond motifs is 1. The molecule has 0 radical (unpaired) electrons. The predicted octanol–water partition coefficient (Wildman–Crippen LogP) is 4.25. The van der Waals surface area contributed by atoms with Crippen LogP contribution >= 0.6 is 11.6 Å². The number of nitrogens with one attached hydrogen (secondary N) is 3. The van der Waals surface area contributed by atoms with E-state index in [0.29, 0.717) is 16.6 Å². The number of nitrogens with zero attached hydrogens (tertiary/aromatic N) is 2. The number of ether oxygens (including phenoxy) is 1. The number of hydrogen-bond donors (Lipinski definition) is 3. The zero-order valence-corrected chi connectivity index (χ0v) is 13.8. The van der Waals surface area contributed by atoms with Crippen molar-refractivity contribution in [1.82, 2.24) is 20.3 Å². The maximum Gasteiger partial charge on any atom is 0.158 e. The molecule has 124 valence electrons. The lowest BCUT2D eigenvalue weighted by atomic mass is 10.3. The van der Waals surface area contributed by atoms with E-state index in [9.17, 15) is 0 Å². The smallest absolute Gasteiger partial charge is 0.158 e. The zero-order chi connectivity index (χ0) is 17.1. The van der Waals surface area contributed by atoms with Crippen molar-refractivity contribution >= 4 is 34.1 Å². The summed E-state index contributed by atoms with van der Waals surface area (Å²) in [6.07, 6.45) is 12.5. The number of anilines is 2. The fourth-order valence-corrected chi connectivity index (χ4v) is 2.61. The Labute approximate surface area is 148 Å². The van der Waals surface area contributed by atoms with Crippen LogP contribution in [-0.4, -0.2) is 15.0 Å². The maximum atomic E-state index is 6.32. The van der Waals surface area contributed by atoms with Crippen molar-refractivity contribution in [3.8, 4) is 5.75 Å². The van der Waals surface area contributed by atoms with E-state index in [2.05, 4.69) is 25.6 Å². The molecule has 3 aromatic rings. The molecule has 3 N–H and O–H groups in total. The van der Waals surface area contributed by atoms with Crippen molar-refractivity contribution < 1.29 is 4.74 Å². The van der Waals surface area contributed by atoms with Crippen LogP contribution in [0.2, 0.25) is 5.02 Å². The Morgan fingerprint density at radius 3 is 2.96 bits per heavy atom. The summed E-state index contributed by atoms with van der Waals surface area (Å²) in [5, 5.41) is 6.79. The van der Waals surface area contributed by atoms with E-state index in [1.165, 1.54) is 6.33 Å². The van der Waals surface area contributed by atoms with Crippen LogP contribution in [0.3, 0.4) is 0 Å². The molecule has 0 amide bonds. The van der Waals surface area contributed by atoms with Gasteiger partial charge in [0.1, 0.15) is 23.9 Å². The minimum absolute atomic E-state index is 0.494. The van der Waals surface area contributed by atoms with E-state index < -0.39 is 0 Å². The van der Waals surface area contributed by atoms with Crippen LogP contribution in [0.4, 0.5) is 11.5 Å². The Bertz CT molecular complexity index is 1010. The van der Waals surface area contributed by atoms with Gasteiger partial charge in [0, 0.05) is 18.1 Å². The Hall–Kier alpha value is -3.25. The summed E-state index contributed by atoms with van der Waals surface area (Å²) in [6.45, 7) is 0.